The normalized spacial score (nSPS) is 14.9. The van der Waals surface area contributed by atoms with Crippen molar-refractivity contribution in [2.24, 2.45) is 0 Å². The number of nitrogens with zero attached hydrogens (tertiary/aromatic N) is 1. The topological polar surface area (TPSA) is 49.8 Å². The Hall–Kier alpha value is -3.63. The van der Waals surface area contributed by atoms with Crippen molar-refractivity contribution in [3.8, 4) is 0 Å². The summed E-state index contributed by atoms with van der Waals surface area (Å²) in [5.74, 6) is -0.947. The molecule has 1 aliphatic rings. The largest absolute Gasteiger partial charge is 0.478 e. The number of anilines is 1. The molecule has 1 saturated heterocycles. The molecule has 168 valence electrons. The molecule has 3 aromatic carbocycles. The van der Waals surface area contributed by atoms with E-state index in [1.165, 1.54) is 28.0 Å². The smallest absolute Gasteiger partial charge is 0.328 e. The molecule has 0 amide bonds. The van der Waals surface area contributed by atoms with Gasteiger partial charge in [0.15, 0.2) is 0 Å². The van der Waals surface area contributed by atoms with Gasteiger partial charge in [-0.2, -0.15) is 0 Å². The maximum atomic E-state index is 10.9. The Morgan fingerprint density at radius 2 is 1.48 bits per heavy atom. The van der Waals surface area contributed by atoms with Gasteiger partial charge in [-0.25, -0.2) is 4.79 Å². The highest BCUT2D eigenvalue weighted by atomic mass is 16.5. The highest BCUT2D eigenvalue weighted by Gasteiger charge is 2.15. The second-order valence-electron chi connectivity index (χ2n) is 8.01. The van der Waals surface area contributed by atoms with Crippen LogP contribution in [-0.4, -0.2) is 37.4 Å². The fraction of sp³-hybridized carbons (Fsp3) is 0.207. The summed E-state index contributed by atoms with van der Waals surface area (Å²) in [4.78, 5) is 13.2. The minimum Gasteiger partial charge on any atom is -0.478 e. The third kappa shape index (κ3) is 5.60. The van der Waals surface area contributed by atoms with E-state index in [0.717, 1.165) is 49.9 Å². The SMILES string of the molecule is CC/C(=C(/c1ccc(/C=C/C(=O)O)cc1)c1ccc(N2CCOCC2)cc1)c1ccccc1. The first-order valence-corrected chi connectivity index (χ1v) is 11.4. The van der Waals surface area contributed by atoms with Crippen molar-refractivity contribution in [1.82, 2.24) is 0 Å². The van der Waals surface area contributed by atoms with Gasteiger partial charge in [0.05, 0.1) is 13.2 Å². The number of carboxylic acids is 1. The van der Waals surface area contributed by atoms with E-state index in [4.69, 9.17) is 9.84 Å². The Balaban J connectivity index is 1.76. The highest BCUT2D eigenvalue weighted by molar-refractivity contribution is 5.99. The number of aliphatic carboxylic acids is 1. The van der Waals surface area contributed by atoms with Gasteiger partial charge in [0.1, 0.15) is 0 Å². The molecular weight excluding hydrogens is 410 g/mol. The van der Waals surface area contributed by atoms with Crippen LogP contribution in [0.4, 0.5) is 5.69 Å². The molecule has 1 heterocycles. The van der Waals surface area contributed by atoms with Gasteiger partial charge in [0.2, 0.25) is 0 Å². The Bertz CT molecular complexity index is 1120. The van der Waals surface area contributed by atoms with Crippen LogP contribution in [0.3, 0.4) is 0 Å². The van der Waals surface area contributed by atoms with E-state index < -0.39 is 5.97 Å². The fourth-order valence-electron chi connectivity index (χ4n) is 4.27. The molecule has 0 aromatic heterocycles. The summed E-state index contributed by atoms with van der Waals surface area (Å²) in [6, 6.07) is 27.4. The Morgan fingerprint density at radius 1 is 0.879 bits per heavy atom. The van der Waals surface area contributed by atoms with Crippen molar-refractivity contribution in [2.45, 2.75) is 13.3 Å². The number of rotatable bonds is 7. The van der Waals surface area contributed by atoms with Crippen molar-refractivity contribution in [3.05, 3.63) is 107 Å². The number of hydrogen-bond donors (Lipinski definition) is 1. The molecule has 0 radical (unpaired) electrons. The van der Waals surface area contributed by atoms with Gasteiger partial charge < -0.3 is 14.7 Å². The number of carboxylic acid groups (broad SMARTS) is 1. The average molecular weight is 440 g/mol. The molecular formula is C29H29NO3. The molecule has 3 aromatic rings. The third-order valence-corrected chi connectivity index (χ3v) is 5.93. The minimum atomic E-state index is -0.947. The number of morpholine rings is 1. The van der Waals surface area contributed by atoms with Crippen LogP contribution in [0.2, 0.25) is 0 Å². The second-order valence-corrected chi connectivity index (χ2v) is 8.01. The summed E-state index contributed by atoms with van der Waals surface area (Å²) < 4.78 is 5.49. The molecule has 0 atom stereocenters. The van der Waals surface area contributed by atoms with Crippen molar-refractivity contribution in [2.75, 3.05) is 31.2 Å². The lowest BCUT2D eigenvalue weighted by molar-refractivity contribution is -0.131. The van der Waals surface area contributed by atoms with Gasteiger partial charge in [-0.1, -0.05) is 73.7 Å². The zero-order chi connectivity index (χ0) is 23.0. The first-order valence-electron chi connectivity index (χ1n) is 11.4. The van der Waals surface area contributed by atoms with Gasteiger partial charge in [0.25, 0.3) is 0 Å². The standard InChI is InChI=1S/C29H29NO3/c1-2-27(23-6-4-3-5-7-23)29(24-11-8-22(9-12-24)10-17-28(31)32)25-13-15-26(16-14-25)30-18-20-33-21-19-30/h3-17H,2,18-21H2,1H3,(H,31,32)/b17-10+,29-27+. The van der Waals surface area contributed by atoms with Crippen LogP contribution >= 0.6 is 0 Å². The Morgan fingerprint density at radius 3 is 2.06 bits per heavy atom. The Labute approximate surface area is 195 Å². The van der Waals surface area contributed by atoms with Gasteiger partial charge in [-0.05, 0) is 58.0 Å². The van der Waals surface area contributed by atoms with Crippen LogP contribution in [0.1, 0.15) is 35.6 Å². The summed E-state index contributed by atoms with van der Waals surface area (Å²) in [5.41, 5.74) is 8.05. The number of ether oxygens (including phenoxy) is 1. The molecule has 0 spiro atoms. The van der Waals surface area contributed by atoms with Crippen molar-refractivity contribution >= 4 is 28.9 Å². The van der Waals surface area contributed by atoms with E-state index in [2.05, 4.69) is 72.5 Å². The summed E-state index contributed by atoms with van der Waals surface area (Å²) in [7, 11) is 0. The number of allylic oxidation sites excluding steroid dienone is 1. The molecule has 4 rings (SSSR count). The predicted molar refractivity (Wildman–Crippen MR) is 135 cm³/mol. The zero-order valence-corrected chi connectivity index (χ0v) is 18.9. The molecule has 33 heavy (non-hydrogen) atoms. The maximum Gasteiger partial charge on any atom is 0.328 e. The van der Waals surface area contributed by atoms with Gasteiger partial charge in [-0.15, -0.1) is 0 Å². The average Bonchev–Trinajstić information content (AvgIpc) is 2.87. The van der Waals surface area contributed by atoms with Gasteiger partial charge >= 0.3 is 5.97 Å². The minimum absolute atomic E-state index is 0.767. The number of benzene rings is 3. The van der Waals surface area contributed by atoms with Crippen LogP contribution in [0.15, 0.2) is 84.9 Å². The van der Waals surface area contributed by atoms with Crippen LogP contribution in [0.25, 0.3) is 17.2 Å². The third-order valence-electron chi connectivity index (χ3n) is 5.93. The van der Waals surface area contributed by atoms with Crippen LogP contribution in [0, 0.1) is 0 Å². The van der Waals surface area contributed by atoms with Crippen molar-refractivity contribution < 1.29 is 14.6 Å². The number of hydrogen-bond acceptors (Lipinski definition) is 3. The number of carbonyl (C=O) groups is 1. The summed E-state index contributed by atoms with van der Waals surface area (Å²) in [5, 5.41) is 8.91. The van der Waals surface area contributed by atoms with E-state index in [1.807, 2.05) is 18.2 Å². The quantitative estimate of drug-likeness (QED) is 0.363. The molecule has 1 N–H and O–H groups in total. The molecule has 1 fully saturated rings. The van der Waals surface area contributed by atoms with Gasteiger partial charge in [0, 0.05) is 24.9 Å². The summed E-state index contributed by atoms with van der Waals surface area (Å²) >= 11 is 0. The van der Waals surface area contributed by atoms with E-state index >= 15 is 0 Å². The summed E-state index contributed by atoms with van der Waals surface area (Å²) in [6.45, 7) is 5.55. The molecule has 1 aliphatic heterocycles. The predicted octanol–water partition coefficient (Wildman–Crippen LogP) is 5.99. The lowest BCUT2D eigenvalue weighted by atomic mass is 9.88. The van der Waals surface area contributed by atoms with Crippen molar-refractivity contribution in [1.29, 1.82) is 0 Å². The van der Waals surface area contributed by atoms with E-state index in [-0.39, 0.29) is 0 Å². The second kappa shape index (κ2) is 10.8. The monoisotopic (exact) mass is 439 g/mol. The van der Waals surface area contributed by atoms with E-state index in [1.54, 1.807) is 6.08 Å². The molecule has 4 nitrogen and oxygen atoms in total. The van der Waals surface area contributed by atoms with E-state index in [9.17, 15) is 4.79 Å². The summed E-state index contributed by atoms with van der Waals surface area (Å²) in [6.07, 6.45) is 3.67. The van der Waals surface area contributed by atoms with Crippen LogP contribution in [0.5, 0.6) is 0 Å². The first kappa shape index (κ1) is 22.6. The lowest BCUT2D eigenvalue weighted by Crippen LogP contribution is -2.36. The highest BCUT2D eigenvalue weighted by Crippen LogP contribution is 2.35. The van der Waals surface area contributed by atoms with Gasteiger partial charge in [-0.3, -0.25) is 0 Å². The Kier molecular flexibility index (Phi) is 7.38. The van der Waals surface area contributed by atoms with E-state index in [0.29, 0.717) is 0 Å². The first-order chi connectivity index (χ1) is 16.2. The molecule has 0 unspecified atom stereocenters. The zero-order valence-electron chi connectivity index (χ0n) is 18.9. The van der Waals surface area contributed by atoms with Crippen LogP contribution < -0.4 is 4.90 Å². The molecule has 0 bridgehead atoms. The maximum absolute atomic E-state index is 10.9. The lowest BCUT2D eigenvalue weighted by Gasteiger charge is -2.29. The molecule has 0 saturated carbocycles. The molecule has 4 heteroatoms. The van der Waals surface area contributed by atoms with Crippen molar-refractivity contribution in [3.63, 3.8) is 0 Å². The molecule has 0 aliphatic carbocycles. The van der Waals surface area contributed by atoms with Crippen LogP contribution in [-0.2, 0) is 9.53 Å². The fourth-order valence-corrected chi connectivity index (χ4v) is 4.27.